The third-order valence-electron chi connectivity index (χ3n) is 3.97. The Labute approximate surface area is 138 Å². The first-order valence-corrected chi connectivity index (χ1v) is 8.29. The zero-order valence-corrected chi connectivity index (χ0v) is 14.2. The molecule has 1 aromatic carbocycles. The lowest BCUT2D eigenvalue weighted by Gasteiger charge is -2.08. The number of nitrogens with zero attached hydrogens (tertiary/aromatic N) is 3. The number of aromatic nitrogens is 2. The second kappa shape index (κ2) is 5.98. The monoisotopic (exact) mass is 323 g/mol. The lowest BCUT2D eigenvalue weighted by molar-refractivity contribution is 0.653. The maximum absolute atomic E-state index is 12.9. The van der Waals surface area contributed by atoms with E-state index in [4.69, 9.17) is 5.26 Å². The zero-order chi connectivity index (χ0) is 16.6. The van der Waals surface area contributed by atoms with Gasteiger partial charge in [-0.25, -0.2) is 4.98 Å². The van der Waals surface area contributed by atoms with Crippen molar-refractivity contribution in [3.63, 3.8) is 0 Å². The zero-order valence-electron chi connectivity index (χ0n) is 13.4. The smallest absolute Gasteiger partial charge is 0.262 e. The largest absolute Gasteiger partial charge is 0.295 e. The van der Waals surface area contributed by atoms with Gasteiger partial charge in [0.1, 0.15) is 10.7 Å². The Morgan fingerprint density at radius 1 is 1.22 bits per heavy atom. The van der Waals surface area contributed by atoms with Gasteiger partial charge in [0.25, 0.3) is 5.56 Å². The molecule has 23 heavy (non-hydrogen) atoms. The standard InChI is InChI=1S/C18H17N3OS/c1-11-5-7-14(8-6-11)15-12(2)23-17-16(15)18(22)21(10-4-9-19)13(3)20-17/h5-8H,4,10H2,1-3H3. The van der Waals surface area contributed by atoms with Crippen LogP contribution < -0.4 is 5.56 Å². The molecule has 2 heterocycles. The summed E-state index contributed by atoms with van der Waals surface area (Å²) in [5.41, 5.74) is 3.14. The summed E-state index contributed by atoms with van der Waals surface area (Å²) in [5, 5.41) is 9.47. The highest BCUT2D eigenvalue weighted by molar-refractivity contribution is 7.19. The van der Waals surface area contributed by atoms with Crippen molar-refractivity contribution < 1.29 is 0 Å². The number of thiophene rings is 1. The maximum Gasteiger partial charge on any atom is 0.262 e. The van der Waals surface area contributed by atoms with Gasteiger partial charge in [0.05, 0.1) is 17.9 Å². The minimum Gasteiger partial charge on any atom is -0.295 e. The van der Waals surface area contributed by atoms with E-state index in [1.54, 1.807) is 15.9 Å². The average molecular weight is 323 g/mol. The van der Waals surface area contributed by atoms with E-state index in [2.05, 4.69) is 11.1 Å². The van der Waals surface area contributed by atoms with Crippen molar-refractivity contribution in [2.75, 3.05) is 0 Å². The van der Waals surface area contributed by atoms with E-state index >= 15 is 0 Å². The molecule has 0 radical (unpaired) electrons. The summed E-state index contributed by atoms with van der Waals surface area (Å²) in [7, 11) is 0. The molecule has 4 nitrogen and oxygen atoms in total. The van der Waals surface area contributed by atoms with Crippen molar-refractivity contribution >= 4 is 21.6 Å². The predicted molar refractivity (Wildman–Crippen MR) is 93.8 cm³/mol. The highest BCUT2D eigenvalue weighted by Crippen LogP contribution is 2.35. The van der Waals surface area contributed by atoms with Crippen LogP contribution in [0.15, 0.2) is 29.1 Å². The molecule has 0 fully saturated rings. The van der Waals surface area contributed by atoms with E-state index in [1.807, 2.05) is 45.0 Å². The molecule has 0 saturated heterocycles. The van der Waals surface area contributed by atoms with Crippen LogP contribution in [0.5, 0.6) is 0 Å². The molecule has 0 atom stereocenters. The van der Waals surface area contributed by atoms with E-state index in [9.17, 15) is 4.79 Å². The fourth-order valence-corrected chi connectivity index (χ4v) is 3.87. The van der Waals surface area contributed by atoms with Crippen LogP contribution >= 0.6 is 11.3 Å². The highest BCUT2D eigenvalue weighted by Gasteiger charge is 2.18. The third kappa shape index (κ3) is 2.66. The SMILES string of the molecule is Cc1ccc(-c2c(C)sc3nc(C)n(CCC#N)c(=O)c23)cc1. The minimum atomic E-state index is -0.0531. The molecular weight excluding hydrogens is 306 g/mol. The van der Waals surface area contributed by atoms with Gasteiger partial charge in [0.15, 0.2) is 0 Å². The van der Waals surface area contributed by atoms with Crippen LogP contribution in [0.3, 0.4) is 0 Å². The summed E-state index contributed by atoms with van der Waals surface area (Å²) in [6.07, 6.45) is 0.302. The van der Waals surface area contributed by atoms with Gasteiger partial charge in [-0.15, -0.1) is 11.3 Å². The minimum absolute atomic E-state index is 0.0531. The van der Waals surface area contributed by atoms with E-state index < -0.39 is 0 Å². The van der Waals surface area contributed by atoms with E-state index in [0.717, 1.165) is 20.8 Å². The Morgan fingerprint density at radius 2 is 1.91 bits per heavy atom. The second-order valence-electron chi connectivity index (χ2n) is 5.60. The first kappa shape index (κ1) is 15.4. The van der Waals surface area contributed by atoms with Gasteiger partial charge in [-0.05, 0) is 26.3 Å². The Morgan fingerprint density at radius 3 is 2.57 bits per heavy atom. The summed E-state index contributed by atoms with van der Waals surface area (Å²) in [5.74, 6) is 0.662. The second-order valence-corrected chi connectivity index (χ2v) is 6.81. The Balaban J connectivity index is 2.31. The van der Waals surface area contributed by atoms with Crippen LogP contribution in [-0.2, 0) is 6.54 Å². The van der Waals surface area contributed by atoms with Crippen molar-refractivity contribution in [1.29, 1.82) is 5.26 Å². The predicted octanol–water partition coefficient (Wildman–Crippen LogP) is 3.96. The fourth-order valence-electron chi connectivity index (χ4n) is 2.79. The summed E-state index contributed by atoms with van der Waals surface area (Å²) in [4.78, 5) is 19.4. The lowest BCUT2D eigenvalue weighted by Crippen LogP contribution is -2.23. The molecule has 0 amide bonds. The quantitative estimate of drug-likeness (QED) is 0.733. The van der Waals surface area contributed by atoms with Crippen LogP contribution in [0.1, 0.15) is 22.7 Å². The molecule has 0 bridgehead atoms. The number of hydrogen-bond acceptors (Lipinski definition) is 4. The molecule has 0 spiro atoms. The molecule has 2 aromatic heterocycles. The molecule has 3 aromatic rings. The normalized spacial score (nSPS) is 10.9. The van der Waals surface area contributed by atoms with Gasteiger partial charge in [0.2, 0.25) is 0 Å². The first-order valence-electron chi connectivity index (χ1n) is 7.47. The maximum atomic E-state index is 12.9. The molecule has 0 aliphatic heterocycles. The fraction of sp³-hybridized carbons (Fsp3) is 0.278. The molecule has 0 N–H and O–H groups in total. The number of hydrogen-bond donors (Lipinski definition) is 0. The van der Waals surface area contributed by atoms with E-state index in [0.29, 0.717) is 24.2 Å². The summed E-state index contributed by atoms with van der Waals surface area (Å²) < 4.78 is 1.61. The van der Waals surface area contributed by atoms with Crippen molar-refractivity contribution in [2.45, 2.75) is 33.7 Å². The molecule has 0 aliphatic carbocycles. The highest BCUT2D eigenvalue weighted by atomic mass is 32.1. The van der Waals surface area contributed by atoms with Crippen molar-refractivity contribution in [3.8, 4) is 17.2 Å². The van der Waals surface area contributed by atoms with Crippen LogP contribution in [-0.4, -0.2) is 9.55 Å². The third-order valence-corrected chi connectivity index (χ3v) is 4.97. The number of benzene rings is 1. The summed E-state index contributed by atoms with van der Waals surface area (Å²) in [6, 6.07) is 10.3. The molecule has 3 rings (SSSR count). The van der Waals surface area contributed by atoms with Crippen LogP contribution in [0.2, 0.25) is 0 Å². The summed E-state index contributed by atoms with van der Waals surface area (Å²) in [6.45, 7) is 6.27. The van der Waals surface area contributed by atoms with Crippen molar-refractivity contribution in [3.05, 3.63) is 50.9 Å². The Kier molecular flexibility index (Phi) is 4.01. The van der Waals surface area contributed by atoms with Gasteiger partial charge >= 0.3 is 0 Å². The molecule has 0 saturated carbocycles. The topological polar surface area (TPSA) is 58.7 Å². The van der Waals surface area contributed by atoms with Crippen molar-refractivity contribution in [2.24, 2.45) is 0 Å². The van der Waals surface area contributed by atoms with Crippen LogP contribution in [0.25, 0.3) is 21.3 Å². The number of fused-ring (bicyclic) bond motifs is 1. The van der Waals surface area contributed by atoms with Crippen LogP contribution in [0, 0.1) is 32.1 Å². The average Bonchev–Trinajstić information content (AvgIpc) is 2.84. The number of nitriles is 1. The van der Waals surface area contributed by atoms with Gasteiger partial charge in [-0.3, -0.25) is 9.36 Å². The van der Waals surface area contributed by atoms with Gasteiger partial charge in [0, 0.05) is 17.0 Å². The van der Waals surface area contributed by atoms with Gasteiger partial charge < -0.3 is 0 Å². The summed E-state index contributed by atoms with van der Waals surface area (Å²) >= 11 is 1.55. The molecule has 0 aliphatic rings. The molecule has 5 heteroatoms. The molecule has 116 valence electrons. The number of rotatable bonds is 3. The number of aryl methyl sites for hydroxylation is 3. The van der Waals surface area contributed by atoms with Gasteiger partial charge in [-0.1, -0.05) is 29.8 Å². The molecule has 0 unspecified atom stereocenters. The van der Waals surface area contributed by atoms with E-state index in [1.165, 1.54) is 5.56 Å². The Hall–Kier alpha value is -2.45. The van der Waals surface area contributed by atoms with E-state index in [-0.39, 0.29) is 5.56 Å². The molecular formula is C18H17N3OS. The lowest BCUT2D eigenvalue weighted by atomic mass is 10.0. The van der Waals surface area contributed by atoms with Crippen LogP contribution in [0.4, 0.5) is 0 Å². The Bertz CT molecular complexity index is 975. The van der Waals surface area contributed by atoms with Crippen molar-refractivity contribution in [1.82, 2.24) is 9.55 Å². The van der Waals surface area contributed by atoms with Gasteiger partial charge in [-0.2, -0.15) is 5.26 Å². The first-order chi connectivity index (χ1) is 11.0.